The molecule has 1 heteroatoms. The Morgan fingerprint density at radius 3 is 2.19 bits per heavy atom. The number of hydrogen-bond donors (Lipinski definition) is 0. The summed E-state index contributed by atoms with van der Waals surface area (Å²) in [6.45, 7) is 14.3. The first kappa shape index (κ1) is 17.2. The van der Waals surface area contributed by atoms with Gasteiger partial charge < -0.3 is 4.74 Å². The summed E-state index contributed by atoms with van der Waals surface area (Å²) in [7, 11) is 0. The molecule has 1 aromatic carbocycles. The van der Waals surface area contributed by atoms with Gasteiger partial charge in [0.15, 0.2) is 0 Å². The van der Waals surface area contributed by atoms with Crippen LogP contribution < -0.4 is 4.74 Å². The zero-order valence-electron chi connectivity index (χ0n) is 11.4. The highest BCUT2D eigenvalue weighted by molar-refractivity contribution is 5.33. The van der Waals surface area contributed by atoms with Crippen molar-refractivity contribution in [1.29, 1.82) is 0 Å². The van der Waals surface area contributed by atoms with E-state index in [0.717, 1.165) is 12.2 Å². The van der Waals surface area contributed by atoms with E-state index in [1.165, 1.54) is 5.56 Å². The fourth-order valence-electron chi connectivity index (χ4n) is 1.09. The highest BCUT2D eigenvalue weighted by Crippen LogP contribution is 2.17. The average Bonchev–Trinajstić information content (AvgIpc) is 2.41. The molecule has 0 amide bonds. The van der Waals surface area contributed by atoms with Gasteiger partial charge in [0, 0.05) is 0 Å². The van der Waals surface area contributed by atoms with Gasteiger partial charge in [0.1, 0.15) is 12.4 Å². The molecule has 0 heterocycles. The molecule has 92 valence electrons. The second-order valence-corrected chi connectivity index (χ2v) is 2.56. The highest BCUT2D eigenvalue weighted by Gasteiger charge is 1.97. The van der Waals surface area contributed by atoms with Crippen LogP contribution in [-0.4, -0.2) is 6.61 Å². The molecule has 1 nitrogen and oxygen atoms in total. The molecule has 0 N–H and O–H groups in total. The van der Waals surface area contributed by atoms with Crippen LogP contribution >= 0.6 is 0 Å². The topological polar surface area (TPSA) is 9.23 Å². The minimum atomic E-state index is 0.580. The van der Waals surface area contributed by atoms with Crippen molar-refractivity contribution in [3.8, 4) is 5.75 Å². The van der Waals surface area contributed by atoms with Gasteiger partial charge in [0.05, 0.1) is 0 Å². The third kappa shape index (κ3) is 7.10. The van der Waals surface area contributed by atoms with Gasteiger partial charge in [0.2, 0.25) is 0 Å². The van der Waals surface area contributed by atoms with E-state index in [4.69, 9.17) is 4.74 Å². The predicted octanol–water partition coefficient (Wildman–Crippen LogP) is 4.87. The van der Waals surface area contributed by atoms with Crippen LogP contribution in [0.25, 0.3) is 0 Å². The van der Waals surface area contributed by atoms with Gasteiger partial charge in [-0.15, -0.1) is 0 Å². The van der Waals surface area contributed by atoms with Crippen LogP contribution in [0.5, 0.6) is 5.75 Å². The fraction of sp³-hybridized carbons (Fsp3) is 0.467. The summed E-state index contributed by atoms with van der Waals surface area (Å²) in [5.41, 5.74) is 1.25. The summed E-state index contributed by atoms with van der Waals surface area (Å²) in [4.78, 5) is 0. The summed E-state index contributed by atoms with van der Waals surface area (Å²) in [5, 5.41) is 0. The third-order valence-corrected chi connectivity index (χ3v) is 1.71. The lowest BCUT2D eigenvalue weighted by Crippen LogP contribution is -1.95. The maximum atomic E-state index is 5.46. The van der Waals surface area contributed by atoms with Gasteiger partial charge in [-0.1, -0.05) is 65.5 Å². The fourth-order valence-corrected chi connectivity index (χ4v) is 1.09. The maximum absolute atomic E-state index is 5.46. The molecular weight excluding hydrogens is 196 g/mol. The van der Waals surface area contributed by atoms with E-state index >= 15 is 0 Å². The Hall–Kier alpha value is -1.24. The largest absolute Gasteiger partial charge is 0.489 e. The van der Waals surface area contributed by atoms with Crippen LogP contribution in [0, 0.1) is 0 Å². The average molecular weight is 222 g/mol. The second kappa shape index (κ2) is 13.8. The number of rotatable bonds is 4. The standard InChI is InChI=1S/C11H14O.2C2H6/c1-3-9-12-11-8-6-5-7-10(11)4-2;2*1-2/h3,5-8H,1,4,9H2,2H3;2*1-2H3. The molecule has 0 spiro atoms. The van der Waals surface area contributed by atoms with Crippen LogP contribution in [0.1, 0.15) is 40.2 Å². The molecule has 1 aromatic rings. The molecule has 0 fully saturated rings. The predicted molar refractivity (Wildman–Crippen MR) is 74.2 cm³/mol. The first-order chi connectivity index (χ1) is 7.88. The Balaban J connectivity index is 0. The van der Waals surface area contributed by atoms with Gasteiger partial charge in [-0.25, -0.2) is 0 Å². The summed E-state index contributed by atoms with van der Waals surface area (Å²) in [6, 6.07) is 8.08. The second-order valence-electron chi connectivity index (χ2n) is 2.56. The molecule has 0 aliphatic heterocycles. The van der Waals surface area contributed by atoms with Gasteiger partial charge >= 0.3 is 0 Å². The van der Waals surface area contributed by atoms with Crippen molar-refractivity contribution in [1.82, 2.24) is 0 Å². The van der Waals surface area contributed by atoms with Crippen LogP contribution in [0.4, 0.5) is 0 Å². The number of hydrogen-bond acceptors (Lipinski definition) is 1. The van der Waals surface area contributed by atoms with Crippen LogP contribution in [0.2, 0.25) is 0 Å². The minimum absolute atomic E-state index is 0.580. The highest BCUT2D eigenvalue weighted by atomic mass is 16.5. The summed E-state index contributed by atoms with van der Waals surface area (Å²) in [6.07, 6.45) is 2.76. The van der Waals surface area contributed by atoms with Crippen molar-refractivity contribution in [3.05, 3.63) is 42.5 Å². The van der Waals surface area contributed by atoms with E-state index in [9.17, 15) is 0 Å². The quantitative estimate of drug-likeness (QED) is 0.661. The smallest absolute Gasteiger partial charge is 0.122 e. The Bertz CT molecular complexity index is 253. The molecule has 0 bridgehead atoms. The van der Waals surface area contributed by atoms with E-state index in [0.29, 0.717) is 6.61 Å². The molecule has 0 aliphatic rings. The Kier molecular flexibility index (Phi) is 14.8. The lowest BCUT2D eigenvalue weighted by Gasteiger charge is -2.07. The Morgan fingerprint density at radius 2 is 1.69 bits per heavy atom. The molecule has 0 saturated carbocycles. The van der Waals surface area contributed by atoms with E-state index in [1.807, 2.05) is 45.9 Å². The van der Waals surface area contributed by atoms with E-state index in [2.05, 4.69) is 19.6 Å². The van der Waals surface area contributed by atoms with Crippen molar-refractivity contribution in [2.24, 2.45) is 0 Å². The monoisotopic (exact) mass is 222 g/mol. The summed E-state index contributed by atoms with van der Waals surface area (Å²) in [5.74, 6) is 0.972. The van der Waals surface area contributed by atoms with Crippen molar-refractivity contribution < 1.29 is 4.74 Å². The van der Waals surface area contributed by atoms with Crippen molar-refractivity contribution in [2.45, 2.75) is 41.0 Å². The first-order valence-electron chi connectivity index (χ1n) is 6.20. The van der Waals surface area contributed by atoms with Gasteiger partial charge in [-0.05, 0) is 18.1 Å². The van der Waals surface area contributed by atoms with Crippen LogP contribution in [0.3, 0.4) is 0 Å². The lowest BCUT2D eigenvalue weighted by atomic mass is 10.1. The van der Waals surface area contributed by atoms with Gasteiger partial charge in [-0.2, -0.15) is 0 Å². The Labute approximate surface area is 101 Å². The van der Waals surface area contributed by atoms with E-state index < -0.39 is 0 Å². The number of para-hydroxylation sites is 1. The summed E-state index contributed by atoms with van der Waals surface area (Å²) < 4.78 is 5.46. The summed E-state index contributed by atoms with van der Waals surface area (Å²) >= 11 is 0. The minimum Gasteiger partial charge on any atom is -0.489 e. The van der Waals surface area contributed by atoms with Crippen molar-refractivity contribution in [2.75, 3.05) is 6.61 Å². The van der Waals surface area contributed by atoms with E-state index in [-0.39, 0.29) is 0 Å². The Morgan fingerprint density at radius 1 is 1.12 bits per heavy atom. The van der Waals surface area contributed by atoms with E-state index in [1.54, 1.807) is 6.08 Å². The SMILES string of the molecule is C=CCOc1ccccc1CC.CC.CC. The van der Waals surface area contributed by atoms with Crippen LogP contribution in [0.15, 0.2) is 36.9 Å². The van der Waals surface area contributed by atoms with Crippen molar-refractivity contribution in [3.63, 3.8) is 0 Å². The number of ether oxygens (including phenoxy) is 1. The van der Waals surface area contributed by atoms with Crippen molar-refractivity contribution >= 4 is 0 Å². The first-order valence-corrected chi connectivity index (χ1v) is 6.20. The normalized spacial score (nSPS) is 7.81. The molecule has 0 aliphatic carbocycles. The molecule has 16 heavy (non-hydrogen) atoms. The maximum Gasteiger partial charge on any atom is 0.122 e. The third-order valence-electron chi connectivity index (χ3n) is 1.71. The number of aryl methyl sites for hydroxylation is 1. The molecule has 0 aromatic heterocycles. The molecule has 1 rings (SSSR count). The zero-order chi connectivity index (χ0) is 12.8. The lowest BCUT2D eigenvalue weighted by molar-refractivity contribution is 0.359. The zero-order valence-corrected chi connectivity index (χ0v) is 11.4. The number of benzene rings is 1. The van der Waals surface area contributed by atoms with Crippen LogP contribution in [-0.2, 0) is 6.42 Å². The molecule has 0 unspecified atom stereocenters. The molecule has 0 radical (unpaired) electrons. The van der Waals surface area contributed by atoms with Gasteiger partial charge in [-0.3, -0.25) is 0 Å². The molecular formula is C15H26O. The molecule has 0 saturated heterocycles. The van der Waals surface area contributed by atoms with Gasteiger partial charge in [0.25, 0.3) is 0 Å². The molecule has 0 atom stereocenters.